The summed E-state index contributed by atoms with van der Waals surface area (Å²) in [6.07, 6.45) is 7.71. The van der Waals surface area contributed by atoms with E-state index in [0.717, 1.165) is 33.2 Å². The number of allylic oxidation sites excluding steroid dienone is 2. The van der Waals surface area contributed by atoms with Crippen LogP contribution in [0.25, 0.3) is 6.08 Å². The minimum absolute atomic E-state index is 0.197. The number of aromatic nitrogens is 1. The zero-order valence-electron chi connectivity index (χ0n) is 18.5. The smallest absolute Gasteiger partial charge is 0.333 e. The van der Waals surface area contributed by atoms with Gasteiger partial charge in [0, 0.05) is 16.5 Å². The van der Waals surface area contributed by atoms with Crippen LogP contribution in [0.2, 0.25) is 0 Å². The van der Waals surface area contributed by atoms with Crippen LogP contribution in [0.3, 0.4) is 0 Å². The summed E-state index contributed by atoms with van der Waals surface area (Å²) in [5, 5.41) is 2.84. The number of carbonyl (C=O) groups is 1. The van der Waals surface area contributed by atoms with Crippen molar-refractivity contribution >= 4 is 23.4 Å². The van der Waals surface area contributed by atoms with E-state index in [1.54, 1.807) is 32.4 Å². The lowest BCUT2D eigenvalue weighted by molar-refractivity contribution is -0.138. The molecule has 0 saturated carbocycles. The van der Waals surface area contributed by atoms with E-state index in [-0.39, 0.29) is 12.0 Å². The lowest BCUT2D eigenvalue weighted by atomic mass is 10.1. The molecule has 0 saturated heterocycles. The van der Waals surface area contributed by atoms with Crippen molar-refractivity contribution in [3.8, 4) is 5.75 Å². The number of hydrogen-bond acceptors (Lipinski definition) is 7. The topological polar surface area (TPSA) is 87.6 Å². The molecule has 0 aliphatic rings. The molecular weight excluding hydrogens is 424 g/mol. The Bertz CT molecular complexity index is 1070. The minimum atomic E-state index is -0.306. The van der Waals surface area contributed by atoms with Crippen LogP contribution in [-0.2, 0) is 22.6 Å². The van der Waals surface area contributed by atoms with E-state index in [1.165, 1.54) is 11.3 Å². The summed E-state index contributed by atoms with van der Waals surface area (Å²) in [4.78, 5) is 16.4. The van der Waals surface area contributed by atoms with Gasteiger partial charge in [-0.25, -0.2) is 9.78 Å². The Morgan fingerprint density at radius 3 is 2.69 bits per heavy atom. The van der Waals surface area contributed by atoms with Crippen LogP contribution < -0.4 is 10.5 Å². The van der Waals surface area contributed by atoms with Gasteiger partial charge in [-0.05, 0) is 68.7 Å². The summed E-state index contributed by atoms with van der Waals surface area (Å²) in [6.45, 7) is 6.29. The molecule has 6 nitrogen and oxygen atoms in total. The molecular formula is C25H28N2O4S. The van der Waals surface area contributed by atoms with Gasteiger partial charge in [0.25, 0.3) is 0 Å². The molecule has 0 bridgehead atoms. The van der Waals surface area contributed by atoms with Crippen LogP contribution in [0.15, 0.2) is 69.9 Å². The van der Waals surface area contributed by atoms with Crippen molar-refractivity contribution in [3.05, 3.63) is 87.3 Å². The van der Waals surface area contributed by atoms with E-state index in [0.29, 0.717) is 25.2 Å². The number of thiazole rings is 1. The van der Waals surface area contributed by atoms with Crippen molar-refractivity contribution in [2.45, 2.75) is 39.8 Å². The van der Waals surface area contributed by atoms with Gasteiger partial charge >= 0.3 is 5.97 Å². The van der Waals surface area contributed by atoms with Gasteiger partial charge in [0.05, 0.1) is 30.9 Å². The van der Waals surface area contributed by atoms with Gasteiger partial charge in [-0.1, -0.05) is 12.1 Å². The zero-order valence-corrected chi connectivity index (χ0v) is 19.4. The van der Waals surface area contributed by atoms with E-state index < -0.39 is 0 Å². The van der Waals surface area contributed by atoms with Crippen molar-refractivity contribution in [2.75, 3.05) is 6.61 Å². The summed E-state index contributed by atoms with van der Waals surface area (Å²) < 4.78 is 15.8. The summed E-state index contributed by atoms with van der Waals surface area (Å²) >= 11 is 1.54. The second-order valence-corrected chi connectivity index (χ2v) is 8.31. The van der Waals surface area contributed by atoms with Crippen LogP contribution >= 0.6 is 11.3 Å². The average molecular weight is 453 g/mol. The molecule has 0 spiro atoms. The van der Waals surface area contributed by atoms with Crippen molar-refractivity contribution in [3.63, 3.8) is 0 Å². The van der Waals surface area contributed by atoms with Gasteiger partial charge in [-0.2, -0.15) is 0 Å². The third-order valence-corrected chi connectivity index (χ3v) is 5.63. The first-order chi connectivity index (χ1) is 15.4. The molecule has 1 unspecified atom stereocenters. The van der Waals surface area contributed by atoms with E-state index in [2.05, 4.69) is 4.98 Å². The van der Waals surface area contributed by atoms with E-state index in [1.807, 2.05) is 48.7 Å². The maximum Gasteiger partial charge on any atom is 0.333 e. The van der Waals surface area contributed by atoms with Crippen LogP contribution in [0.5, 0.6) is 5.75 Å². The first kappa shape index (κ1) is 23.5. The second-order valence-electron chi connectivity index (χ2n) is 7.42. The summed E-state index contributed by atoms with van der Waals surface area (Å²) in [7, 11) is 0. The standard InChI is InChI=1S/C25H28N2O4S/c1-4-30-25(28)18(3)11-17(2)12-21-16-32-24(27-21)23(26)13-19-5-7-22(8-6-19)31-15-20-9-10-29-14-20/h5-12,14,16,23H,4,13,15,26H2,1-3H3/b17-12+,18-11-. The number of esters is 1. The van der Waals surface area contributed by atoms with Crippen LogP contribution in [-0.4, -0.2) is 17.6 Å². The van der Waals surface area contributed by atoms with Crippen LogP contribution in [0.1, 0.15) is 48.6 Å². The molecule has 2 heterocycles. The highest BCUT2D eigenvalue weighted by molar-refractivity contribution is 7.09. The van der Waals surface area contributed by atoms with E-state index in [4.69, 9.17) is 19.6 Å². The Morgan fingerprint density at radius 1 is 1.22 bits per heavy atom. The maximum atomic E-state index is 11.7. The fourth-order valence-electron chi connectivity index (χ4n) is 3.06. The maximum absolute atomic E-state index is 11.7. The Kier molecular flexibility index (Phi) is 8.41. The van der Waals surface area contributed by atoms with E-state index in [9.17, 15) is 4.79 Å². The number of carbonyl (C=O) groups excluding carboxylic acids is 1. The SMILES string of the molecule is CCOC(=O)/C(C)=C\C(C)=C\c1csc(C(N)Cc2ccc(OCc3ccoc3)cc2)n1. The number of ether oxygens (including phenoxy) is 2. The predicted molar refractivity (Wildman–Crippen MR) is 126 cm³/mol. The summed E-state index contributed by atoms with van der Waals surface area (Å²) in [6, 6.07) is 9.61. The van der Waals surface area contributed by atoms with Crippen molar-refractivity contribution in [1.29, 1.82) is 0 Å². The van der Waals surface area contributed by atoms with Gasteiger partial charge in [0.2, 0.25) is 0 Å². The van der Waals surface area contributed by atoms with Crippen molar-refractivity contribution in [1.82, 2.24) is 4.98 Å². The molecule has 168 valence electrons. The quantitative estimate of drug-likeness (QED) is 0.249. The molecule has 0 aliphatic heterocycles. The first-order valence-corrected chi connectivity index (χ1v) is 11.3. The molecule has 7 heteroatoms. The largest absolute Gasteiger partial charge is 0.489 e. The number of rotatable bonds is 10. The molecule has 3 rings (SSSR count). The monoisotopic (exact) mass is 452 g/mol. The van der Waals surface area contributed by atoms with Gasteiger partial charge < -0.3 is 19.6 Å². The second kappa shape index (κ2) is 11.5. The Hall–Kier alpha value is -3.16. The molecule has 0 amide bonds. The Labute approximate surface area is 192 Å². The summed E-state index contributed by atoms with van der Waals surface area (Å²) in [5.41, 5.74) is 10.8. The molecule has 32 heavy (non-hydrogen) atoms. The van der Waals surface area contributed by atoms with Crippen molar-refractivity contribution < 1.29 is 18.7 Å². The van der Waals surface area contributed by atoms with Crippen LogP contribution in [0, 0.1) is 0 Å². The molecule has 0 aliphatic carbocycles. The van der Waals surface area contributed by atoms with Crippen molar-refractivity contribution in [2.24, 2.45) is 5.73 Å². The number of furan rings is 1. The number of hydrogen-bond donors (Lipinski definition) is 1. The molecule has 2 N–H and O–H groups in total. The molecule has 1 aromatic carbocycles. The van der Waals surface area contributed by atoms with Crippen LogP contribution in [0.4, 0.5) is 0 Å². The highest BCUT2D eigenvalue weighted by Crippen LogP contribution is 2.23. The third kappa shape index (κ3) is 6.93. The van der Waals surface area contributed by atoms with E-state index >= 15 is 0 Å². The lowest BCUT2D eigenvalue weighted by Crippen LogP contribution is -2.13. The number of nitrogens with zero attached hydrogens (tertiary/aromatic N) is 1. The number of nitrogens with two attached hydrogens (primary N) is 1. The highest BCUT2D eigenvalue weighted by atomic mass is 32.1. The lowest BCUT2D eigenvalue weighted by Gasteiger charge is -2.10. The number of benzene rings is 1. The fourth-order valence-corrected chi connectivity index (χ4v) is 3.84. The Morgan fingerprint density at radius 2 is 2.00 bits per heavy atom. The first-order valence-electron chi connectivity index (χ1n) is 10.4. The van der Waals surface area contributed by atoms with Gasteiger partial charge in [0.15, 0.2) is 0 Å². The summed E-state index contributed by atoms with van der Waals surface area (Å²) in [5.74, 6) is 0.492. The highest BCUT2D eigenvalue weighted by Gasteiger charge is 2.12. The van der Waals surface area contributed by atoms with Gasteiger partial charge in [-0.3, -0.25) is 0 Å². The Balaban J connectivity index is 1.56. The average Bonchev–Trinajstić information content (AvgIpc) is 3.45. The molecule has 0 radical (unpaired) electrons. The zero-order chi connectivity index (χ0) is 22.9. The minimum Gasteiger partial charge on any atom is -0.489 e. The molecule has 2 aromatic heterocycles. The van der Waals surface area contributed by atoms with Gasteiger partial charge in [-0.15, -0.1) is 11.3 Å². The fraction of sp³-hybridized carbons (Fsp3) is 0.280. The molecule has 0 fully saturated rings. The predicted octanol–water partition coefficient (Wildman–Crippen LogP) is 5.47. The molecule has 1 atom stereocenters. The normalized spacial score (nSPS) is 13.1. The molecule has 3 aromatic rings. The third-order valence-electron chi connectivity index (χ3n) is 4.64. The van der Waals surface area contributed by atoms with Gasteiger partial charge in [0.1, 0.15) is 17.4 Å².